The zero-order chi connectivity index (χ0) is 17.9. The van der Waals surface area contributed by atoms with Gasteiger partial charge in [-0.15, -0.1) is 0 Å². The highest BCUT2D eigenvalue weighted by Gasteiger charge is 2.23. The molecular formula is C19H23ClN2O2S. The van der Waals surface area contributed by atoms with Gasteiger partial charge >= 0.3 is 0 Å². The summed E-state index contributed by atoms with van der Waals surface area (Å²) in [5.74, 6) is 0.924. The van der Waals surface area contributed by atoms with Crippen LogP contribution in [0.5, 0.6) is 0 Å². The molecule has 4 nitrogen and oxygen atoms in total. The van der Waals surface area contributed by atoms with Gasteiger partial charge in [0.15, 0.2) is 0 Å². The lowest BCUT2D eigenvalue weighted by Crippen LogP contribution is -2.15. The minimum absolute atomic E-state index is 0.160. The Labute approximate surface area is 154 Å². The zero-order valence-electron chi connectivity index (χ0n) is 14.4. The van der Waals surface area contributed by atoms with Crippen molar-refractivity contribution in [3.05, 3.63) is 47.7 Å². The van der Waals surface area contributed by atoms with Crippen LogP contribution in [-0.4, -0.2) is 19.9 Å². The molecule has 0 fully saturated rings. The van der Waals surface area contributed by atoms with E-state index < -0.39 is 9.05 Å². The molecule has 0 atom stereocenters. The van der Waals surface area contributed by atoms with Gasteiger partial charge in [0.25, 0.3) is 9.05 Å². The third-order valence-electron chi connectivity index (χ3n) is 4.58. The lowest BCUT2D eigenvalue weighted by atomic mass is 10.1. The number of unbranched alkanes of at least 4 members (excludes halogenated alkanes) is 3. The van der Waals surface area contributed by atoms with Crippen molar-refractivity contribution < 1.29 is 8.42 Å². The van der Waals surface area contributed by atoms with Crippen LogP contribution in [0.1, 0.15) is 43.9 Å². The second kappa shape index (κ2) is 7.75. The van der Waals surface area contributed by atoms with E-state index in [1.807, 2.05) is 18.2 Å². The summed E-state index contributed by atoms with van der Waals surface area (Å²) in [4.78, 5) is 7.11. The minimum atomic E-state index is -3.69. The Morgan fingerprint density at radius 3 is 2.76 bits per heavy atom. The molecule has 0 saturated carbocycles. The van der Waals surface area contributed by atoms with Crippen LogP contribution in [0.4, 0.5) is 11.5 Å². The van der Waals surface area contributed by atoms with Crippen LogP contribution < -0.4 is 4.90 Å². The van der Waals surface area contributed by atoms with Gasteiger partial charge in [-0.1, -0.05) is 32.3 Å². The number of hydrogen-bond donors (Lipinski definition) is 0. The molecule has 3 rings (SSSR count). The van der Waals surface area contributed by atoms with Crippen molar-refractivity contribution in [1.29, 1.82) is 0 Å². The molecule has 1 aliphatic rings. The van der Waals surface area contributed by atoms with Crippen LogP contribution in [0, 0.1) is 0 Å². The van der Waals surface area contributed by atoms with Crippen molar-refractivity contribution in [3.63, 3.8) is 0 Å². The highest BCUT2D eigenvalue weighted by Crippen LogP contribution is 2.35. The lowest BCUT2D eigenvalue weighted by Gasteiger charge is -2.19. The van der Waals surface area contributed by atoms with E-state index in [1.54, 1.807) is 12.1 Å². The molecule has 0 N–H and O–H groups in total. The van der Waals surface area contributed by atoms with Crippen molar-refractivity contribution in [1.82, 2.24) is 4.98 Å². The maximum absolute atomic E-state index is 11.5. The van der Waals surface area contributed by atoms with E-state index in [2.05, 4.69) is 17.9 Å². The molecule has 0 unspecified atom stereocenters. The molecule has 1 aliphatic heterocycles. The third kappa shape index (κ3) is 4.33. The quantitative estimate of drug-likeness (QED) is 0.511. The van der Waals surface area contributed by atoms with E-state index in [0.29, 0.717) is 0 Å². The van der Waals surface area contributed by atoms with Gasteiger partial charge < -0.3 is 4.90 Å². The summed E-state index contributed by atoms with van der Waals surface area (Å²) in [6.45, 7) is 3.01. The number of benzene rings is 1. The summed E-state index contributed by atoms with van der Waals surface area (Å²) < 4.78 is 23.0. The monoisotopic (exact) mass is 378 g/mol. The number of rotatable bonds is 7. The molecule has 0 bridgehead atoms. The van der Waals surface area contributed by atoms with Crippen molar-refractivity contribution in [2.75, 3.05) is 11.4 Å². The average molecular weight is 379 g/mol. The summed E-state index contributed by atoms with van der Waals surface area (Å²) in [5.41, 5.74) is 3.12. The molecule has 0 spiro atoms. The van der Waals surface area contributed by atoms with E-state index >= 15 is 0 Å². The van der Waals surface area contributed by atoms with E-state index in [4.69, 9.17) is 15.7 Å². The number of aromatic nitrogens is 1. The second-order valence-corrected chi connectivity index (χ2v) is 8.99. The molecule has 25 heavy (non-hydrogen) atoms. The summed E-state index contributed by atoms with van der Waals surface area (Å²) in [7, 11) is 1.76. The molecule has 134 valence electrons. The van der Waals surface area contributed by atoms with Crippen LogP contribution in [0.15, 0.2) is 41.3 Å². The van der Waals surface area contributed by atoms with Gasteiger partial charge in [-0.05, 0) is 55.2 Å². The van der Waals surface area contributed by atoms with Crippen molar-refractivity contribution in [2.24, 2.45) is 0 Å². The first-order valence-corrected chi connectivity index (χ1v) is 11.1. The first-order chi connectivity index (χ1) is 12.0. The SMILES string of the molecule is CCCCCCc1cccc(N2CCc3cc(S(=O)(=O)Cl)ccc32)n1. The Morgan fingerprint density at radius 2 is 2.00 bits per heavy atom. The first kappa shape index (κ1) is 18.2. The largest absolute Gasteiger partial charge is 0.326 e. The number of aryl methyl sites for hydroxylation is 1. The fourth-order valence-electron chi connectivity index (χ4n) is 3.26. The standard InChI is InChI=1S/C19H23ClN2O2S/c1-2-3-4-5-7-16-8-6-9-19(21-16)22-13-12-15-14-17(25(20,23)24)10-11-18(15)22/h6,8-11,14H,2-5,7,12-13H2,1H3. The number of halogens is 1. The highest BCUT2D eigenvalue weighted by atomic mass is 35.7. The maximum Gasteiger partial charge on any atom is 0.261 e. The predicted molar refractivity (Wildman–Crippen MR) is 102 cm³/mol. The smallest absolute Gasteiger partial charge is 0.261 e. The first-order valence-electron chi connectivity index (χ1n) is 8.80. The van der Waals surface area contributed by atoms with Crippen molar-refractivity contribution >= 4 is 31.2 Å². The number of fused-ring (bicyclic) bond motifs is 1. The molecule has 0 saturated heterocycles. The molecular weight excluding hydrogens is 356 g/mol. The second-order valence-electron chi connectivity index (χ2n) is 6.43. The third-order valence-corrected chi connectivity index (χ3v) is 5.93. The molecule has 1 aromatic carbocycles. The molecule has 0 amide bonds. The fraction of sp³-hybridized carbons (Fsp3) is 0.421. The Balaban J connectivity index is 1.79. The van der Waals surface area contributed by atoms with E-state index in [1.165, 1.54) is 19.3 Å². The van der Waals surface area contributed by atoms with Crippen molar-refractivity contribution in [3.8, 4) is 0 Å². The molecule has 6 heteroatoms. The van der Waals surface area contributed by atoms with Gasteiger partial charge in [-0.3, -0.25) is 0 Å². The van der Waals surface area contributed by atoms with Crippen molar-refractivity contribution in [2.45, 2.75) is 50.3 Å². The minimum Gasteiger partial charge on any atom is -0.326 e. The average Bonchev–Trinajstić information content (AvgIpc) is 3.01. The van der Waals surface area contributed by atoms with Gasteiger partial charge in [-0.25, -0.2) is 13.4 Å². The fourth-order valence-corrected chi connectivity index (χ4v) is 4.06. The van der Waals surface area contributed by atoms with Crippen LogP contribution in [0.2, 0.25) is 0 Å². The Bertz CT molecular complexity index is 852. The van der Waals surface area contributed by atoms with Gasteiger partial charge in [0.1, 0.15) is 5.82 Å². The van der Waals surface area contributed by atoms with Crippen LogP contribution >= 0.6 is 10.7 Å². The maximum atomic E-state index is 11.5. The van der Waals surface area contributed by atoms with E-state index in [9.17, 15) is 8.42 Å². The Hall–Kier alpha value is -1.59. The summed E-state index contributed by atoms with van der Waals surface area (Å²) in [5, 5.41) is 0. The van der Waals surface area contributed by atoms with Gasteiger partial charge in [-0.2, -0.15) is 0 Å². The van der Waals surface area contributed by atoms with Gasteiger partial charge in [0.05, 0.1) is 4.90 Å². The summed E-state index contributed by atoms with van der Waals surface area (Å²) >= 11 is 0. The summed E-state index contributed by atoms with van der Waals surface area (Å²) in [6, 6.07) is 11.2. The number of hydrogen-bond acceptors (Lipinski definition) is 4. The normalized spacial score (nSPS) is 13.9. The lowest BCUT2D eigenvalue weighted by molar-refractivity contribution is 0.609. The molecule has 2 aromatic rings. The molecule has 0 aliphatic carbocycles. The van der Waals surface area contributed by atoms with Crippen LogP contribution in [-0.2, 0) is 21.9 Å². The predicted octanol–water partition coefficient (Wildman–Crippen LogP) is 4.83. The van der Waals surface area contributed by atoms with Crippen LogP contribution in [0.25, 0.3) is 0 Å². The highest BCUT2D eigenvalue weighted by molar-refractivity contribution is 8.13. The number of pyridine rings is 1. The Morgan fingerprint density at radius 1 is 1.16 bits per heavy atom. The van der Waals surface area contributed by atoms with Crippen LogP contribution in [0.3, 0.4) is 0 Å². The van der Waals surface area contributed by atoms with E-state index in [0.717, 1.165) is 48.6 Å². The molecule has 2 heterocycles. The Kier molecular flexibility index (Phi) is 5.64. The van der Waals surface area contributed by atoms with Gasteiger partial charge in [0, 0.05) is 28.6 Å². The zero-order valence-corrected chi connectivity index (χ0v) is 16.0. The number of nitrogens with zero attached hydrogens (tertiary/aromatic N) is 2. The molecule has 0 radical (unpaired) electrons. The number of anilines is 2. The topological polar surface area (TPSA) is 50.3 Å². The van der Waals surface area contributed by atoms with Gasteiger partial charge in [0.2, 0.25) is 0 Å². The van der Waals surface area contributed by atoms with E-state index in [-0.39, 0.29) is 4.90 Å². The summed E-state index contributed by atoms with van der Waals surface area (Å²) in [6.07, 6.45) is 6.70. The molecule has 1 aromatic heterocycles.